The zero-order valence-electron chi connectivity index (χ0n) is 11.2. The maximum atomic E-state index is 12.2. The van der Waals surface area contributed by atoms with E-state index in [0.717, 1.165) is 25.2 Å². The second kappa shape index (κ2) is 6.09. The van der Waals surface area contributed by atoms with Crippen molar-refractivity contribution in [1.29, 1.82) is 0 Å². The molecule has 1 aromatic heterocycles. The van der Waals surface area contributed by atoms with Gasteiger partial charge in [0.2, 0.25) is 0 Å². The Morgan fingerprint density at radius 1 is 1.50 bits per heavy atom. The third kappa shape index (κ3) is 3.16. The van der Waals surface area contributed by atoms with Crippen molar-refractivity contribution in [2.45, 2.75) is 58.0 Å². The van der Waals surface area contributed by atoms with Crippen LogP contribution < -0.4 is 5.32 Å². The average molecular weight is 250 g/mol. The second-order valence-electron chi connectivity index (χ2n) is 5.21. The normalized spacial score (nSPS) is 20.9. The summed E-state index contributed by atoms with van der Waals surface area (Å²) in [5.74, 6) is 1.02. The van der Waals surface area contributed by atoms with E-state index < -0.39 is 0 Å². The monoisotopic (exact) mass is 250 g/mol. The van der Waals surface area contributed by atoms with Crippen LogP contribution in [0.5, 0.6) is 0 Å². The molecule has 1 unspecified atom stereocenters. The van der Waals surface area contributed by atoms with Crippen LogP contribution >= 0.6 is 0 Å². The Morgan fingerprint density at radius 2 is 2.33 bits per heavy atom. The third-order valence-corrected chi connectivity index (χ3v) is 3.42. The highest BCUT2D eigenvalue weighted by atomic mass is 16.1. The predicted octanol–water partition coefficient (Wildman–Crippen LogP) is 1.50. The van der Waals surface area contributed by atoms with Crippen molar-refractivity contribution < 1.29 is 4.79 Å². The quantitative estimate of drug-likeness (QED) is 0.880. The first-order chi connectivity index (χ1) is 8.68. The zero-order valence-corrected chi connectivity index (χ0v) is 11.2. The standard InChI is InChI=1S/C13H22N4O/c1-10(2)17-13(15-9-16-17)8-12(18)11-6-4-3-5-7-14-11/h9-11,14H,3-8H2,1-2H3. The third-order valence-electron chi connectivity index (χ3n) is 3.42. The molecule has 5 nitrogen and oxygen atoms in total. The fourth-order valence-corrected chi connectivity index (χ4v) is 2.41. The average Bonchev–Trinajstić information content (AvgIpc) is 2.63. The summed E-state index contributed by atoms with van der Waals surface area (Å²) in [4.78, 5) is 16.4. The van der Waals surface area contributed by atoms with E-state index in [2.05, 4.69) is 15.4 Å². The van der Waals surface area contributed by atoms with Gasteiger partial charge in [-0.25, -0.2) is 9.67 Å². The Hall–Kier alpha value is -1.23. The predicted molar refractivity (Wildman–Crippen MR) is 69.4 cm³/mol. The number of nitrogens with zero attached hydrogens (tertiary/aromatic N) is 3. The van der Waals surface area contributed by atoms with Gasteiger partial charge in [0.05, 0.1) is 12.5 Å². The van der Waals surface area contributed by atoms with Crippen LogP contribution in [0.4, 0.5) is 0 Å². The summed E-state index contributed by atoms with van der Waals surface area (Å²) in [6.45, 7) is 5.05. The van der Waals surface area contributed by atoms with Crippen LogP contribution in [0.3, 0.4) is 0 Å². The molecule has 0 radical (unpaired) electrons. The van der Waals surface area contributed by atoms with Crippen LogP contribution in [-0.2, 0) is 11.2 Å². The van der Waals surface area contributed by atoms with Crippen molar-refractivity contribution in [1.82, 2.24) is 20.1 Å². The summed E-state index contributed by atoms with van der Waals surface area (Å²) in [7, 11) is 0. The number of ketones is 1. The second-order valence-corrected chi connectivity index (χ2v) is 5.21. The lowest BCUT2D eigenvalue weighted by Gasteiger charge is -2.15. The smallest absolute Gasteiger partial charge is 0.157 e. The number of aromatic nitrogens is 3. The van der Waals surface area contributed by atoms with Crippen molar-refractivity contribution in [3.8, 4) is 0 Å². The summed E-state index contributed by atoms with van der Waals surface area (Å²) in [5, 5.41) is 7.50. The fraction of sp³-hybridized carbons (Fsp3) is 0.769. The first-order valence-corrected chi connectivity index (χ1v) is 6.83. The van der Waals surface area contributed by atoms with Gasteiger partial charge in [-0.15, -0.1) is 0 Å². The van der Waals surface area contributed by atoms with Crippen LogP contribution in [0.25, 0.3) is 0 Å². The first kappa shape index (κ1) is 13.2. The van der Waals surface area contributed by atoms with Crippen molar-refractivity contribution in [3.63, 3.8) is 0 Å². The van der Waals surface area contributed by atoms with Gasteiger partial charge in [0, 0.05) is 6.04 Å². The molecule has 100 valence electrons. The lowest BCUT2D eigenvalue weighted by atomic mass is 10.0. The van der Waals surface area contributed by atoms with Crippen LogP contribution in [0, 0.1) is 0 Å². The van der Waals surface area contributed by atoms with Gasteiger partial charge in [0.15, 0.2) is 5.78 Å². The lowest BCUT2D eigenvalue weighted by Crippen LogP contribution is -2.37. The Kier molecular flexibility index (Phi) is 4.47. The van der Waals surface area contributed by atoms with E-state index in [-0.39, 0.29) is 17.9 Å². The molecule has 18 heavy (non-hydrogen) atoms. The van der Waals surface area contributed by atoms with Gasteiger partial charge in [-0.2, -0.15) is 5.10 Å². The number of carbonyl (C=O) groups is 1. The molecule has 0 aliphatic carbocycles. The molecule has 0 spiro atoms. The van der Waals surface area contributed by atoms with Crippen LogP contribution in [0.15, 0.2) is 6.33 Å². The number of hydrogen-bond acceptors (Lipinski definition) is 4. The highest BCUT2D eigenvalue weighted by Crippen LogP contribution is 2.12. The van der Waals surface area contributed by atoms with Crippen LogP contribution in [0.2, 0.25) is 0 Å². The van der Waals surface area contributed by atoms with Crippen molar-refractivity contribution >= 4 is 5.78 Å². The molecule has 5 heteroatoms. The van der Waals surface area contributed by atoms with Crippen molar-refractivity contribution in [2.24, 2.45) is 0 Å². The van der Waals surface area contributed by atoms with Crippen molar-refractivity contribution in [3.05, 3.63) is 12.2 Å². The Morgan fingerprint density at radius 3 is 3.11 bits per heavy atom. The Balaban J connectivity index is 1.99. The number of Topliss-reactive ketones (excluding diaryl/α,β-unsaturated/α-hetero) is 1. The van der Waals surface area contributed by atoms with E-state index in [9.17, 15) is 4.79 Å². The summed E-state index contributed by atoms with van der Waals surface area (Å²) in [6.07, 6.45) is 6.40. The molecule has 1 atom stereocenters. The van der Waals surface area contributed by atoms with Gasteiger partial charge >= 0.3 is 0 Å². The molecule has 1 aliphatic heterocycles. The van der Waals surface area contributed by atoms with Gasteiger partial charge in [-0.05, 0) is 33.2 Å². The molecular weight excluding hydrogens is 228 g/mol. The van der Waals surface area contributed by atoms with E-state index in [1.54, 1.807) is 0 Å². The number of nitrogens with one attached hydrogen (secondary N) is 1. The fourth-order valence-electron chi connectivity index (χ4n) is 2.41. The van der Waals surface area contributed by atoms with Crippen LogP contribution in [0.1, 0.15) is 51.4 Å². The largest absolute Gasteiger partial charge is 0.307 e. The van der Waals surface area contributed by atoms with Gasteiger partial charge < -0.3 is 5.32 Å². The van der Waals surface area contributed by atoms with Gasteiger partial charge in [0.25, 0.3) is 0 Å². The van der Waals surface area contributed by atoms with Crippen molar-refractivity contribution in [2.75, 3.05) is 6.54 Å². The molecule has 0 amide bonds. The highest BCUT2D eigenvalue weighted by molar-refractivity contribution is 5.85. The minimum atomic E-state index is 0.00446. The molecule has 1 aromatic rings. The summed E-state index contributed by atoms with van der Waals surface area (Å²) in [6, 6.07) is 0.252. The van der Waals surface area contributed by atoms with E-state index in [0.29, 0.717) is 6.42 Å². The summed E-state index contributed by atoms with van der Waals surface area (Å²) < 4.78 is 1.83. The van der Waals surface area contributed by atoms with Crippen LogP contribution in [-0.4, -0.2) is 33.1 Å². The maximum Gasteiger partial charge on any atom is 0.157 e. The summed E-state index contributed by atoms with van der Waals surface area (Å²) >= 11 is 0. The minimum absolute atomic E-state index is 0.00446. The molecule has 2 rings (SSSR count). The van der Waals surface area contributed by atoms with Gasteiger partial charge in [-0.1, -0.05) is 12.8 Å². The number of carbonyl (C=O) groups excluding carboxylic acids is 1. The first-order valence-electron chi connectivity index (χ1n) is 6.83. The van der Waals surface area contributed by atoms with E-state index >= 15 is 0 Å². The Labute approximate surface area is 108 Å². The molecule has 1 fully saturated rings. The molecule has 1 aliphatic rings. The molecule has 1 saturated heterocycles. The van der Waals surface area contributed by atoms with E-state index in [1.807, 2.05) is 18.5 Å². The number of rotatable bonds is 4. The molecule has 0 aromatic carbocycles. The molecular formula is C13H22N4O. The summed E-state index contributed by atoms with van der Waals surface area (Å²) in [5.41, 5.74) is 0. The Bertz CT molecular complexity index is 391. The number of hydrogen-bond donors (Lipinski definition) is 1. The van der Waals surface area contributed by atoms with E-state index in [1.165, 1.54) is 19.2 Å². The maximum absolute atomic E-state index is 12.2. The van der Waals surface area contributed by atoms with E-state index in [4.69, 9.17) is 0 Å². The lowest BCUT2D eigenvalue weighted by molar-refractivity contribution is -0.120. The molecule has 0 saturated carbocycles. The molecule has 0 bridgehead atoms. The highest BCUT2D eigenvalue weighted by Gasteiger charge is 2.21. The minimum Gasteiger partial charge on any atom is -0.307 e. The zero-order chi connectivity index (χ0) is 13.0. The SMILES string of the molecule is CC(C)n1ncnc1CC(=O)C1CCCCCN1. The van der Waals surface area contributed by atoms with Gasteiger partial charge in [-0.3, -0.25) is 4.79 Å². The molecule has 1 N–H and O–H groups in total. The van der Waals surface area contributed by atoms with Gasteiger partial charge in [0.1, 0.15) is 12.2 Å². The molecule has 2 heterocycles. The topological polar surface area (TPSA) is 59.8 Å².